The summed E-state index contributed by atoms with van der Waals surface area (Å²) in [5.74, 6) is 0.374. The zero-order chi connectivity index (χ0) is 21.3. The van der Waals surface area contributed by atoms with Gasteiger partial charge < -0.3 is 20.1 Å². The Morgan fingerprint density at radius 2 is 2.13 bits per heavy atom. The largest absolute Gasteiger partial charge is 0.446 e. The van der Waals surface area contributed by atoms with Gasteiger partial charge in [0.1, 0.15) is 11.8 Å². The lowest BCUT2D eigenvalue weighted by Gasteiger charge is -2.16. The molecular weight excluding hydrogens is 388 g/mol. The highest BCUT2D eigenvalue weighted by molar-refractivity contribution is 6.02. The molecule has 0 bridgehead atoms. The van der Waals surface area contributed by atoms with E-state index in [0.717, 1.165) is 37.8 Å². The normalized spacial score (nSPS) is 22.0. The molecule has 10 heteroatoms. The fourth-order valence-corrected chi connectivity index (χ4v) is 3.82. The van der Waals surface area contributed by atoms with Gasteiger partial charge in [-0.1, -0.05) is 0 Å². The van der Waals surface area contributed by atoms with Crippen molar-refractivity contribution >= 4 is 17.8 Å². The molecule has 2 aromatic rings. The summed E-state index contributed by atoms with van der Waals surface area (Å²) >= 11 is 0. The molecule has 0 unspecified atom stereocenters. The van der Waals surface area contributed by atoms with Crippen LogP contribution in [0, 0.1) is 0 Å². The van der Waals surface area contributed by atoms with Gasteiger partial charge in [-0.3, -0.25) is 14.6 Å². The molecule has 2 fully saturated rings. The molecular formula is C20H28N6O4. The third-order valence-corrected chi connectivity index (χ3v) is 5.80. The molecule has 2 aliphatic carbocycles. The first-order valence-electron chi connectivity index (χ1n) is 10.2. The van der Waals surface area contributed by atoms with Crippen LogP contribution in [-0.2, 0) is 23.1 Å². The lowest BCUT2D eigenvalue weighted by molar-refractivity contribution is 0.0965. The first-order valence-corrected chi connectivity index (χ1v) is 10.2. The Morgan fingerprint density at radius 3 is 2.87 bits per heavy atom. The van der Waals surface area contributed by atoms with Gasteiger partial charge in [0.25, 0.3) is 5.91 Å². The number of nitrogens with zero attached hydrogens (tertiary/aromatic N) is 3. The molecule has 2 heterocycles. The smallest absolute Gasteiger partial charge is 0.407 e. The third kappa shape index (κ3) is 4.64. The Bertz CT molecular complexity index is 932. The number of alkyl carbamates (subject to hydrolysis) is 1. The van der Waals surface area contributed by atoms with Gasteiger partial charge in [-0.2, -0.15) is 10.2 Å². The first-order chi connectivity index (χ1) is 14.3. The maximum atomic E-state index is 12.5. The van der Waals surface area contributed by atoms with Crippen LogP contribution in [0.2, 0.25) is 0 Å². The van der Waals surface area contributed by atoms with Gasteiger partial charge in [-0.25, -0.2) is 4.79 Å². The molecule has 2 saturated carbocycles. The minimum atomic E-state index is -0.331. The van der Waals surface area contributed by atoms with E-state index in [0.29, 0.717) is 23.8 Å². The minimum absolute atomic E-state index is 0.0796. The second-order valence-electron chi connectivity index (χ2n) is 8.46. The number of anilines is 1. The maximum absolute atomic E-state index is 12.5. The number of ether oxygens (including phenoxy) is 2. The number of rotatable bonds is 7. The number of nitrogens with one attached hydrogen (secondary N) is 3. The minimum Gasteiger partial charge on any atom is -0.446 e. The summed E-state index contributed by atoms with van der Waals surface area (Å²) < 4.78 is 12.1. The molecule has 0 aromatic carbocycles. The van der Waals surface area contributed by atoms with E-state index in [1.165, 1.54) is 4.68 Å². The van der Waals surface area contributed by atoms with E-state index in [1.807, 2.05) is 13.0 Å². The zero-order valence-electron chi connectivity index (χ0n) is 17.5. The van der Waals surface area contributed by atoms with Gasteiger partial charge in [-0.05, 0) is 45.1 Å². The molecule has 4 rings (SSSR count). The summed E-state index contributed by atoms with van der Waals surface area (Å²) in [7, 11) is 3.29. The van der Waals surface area contributed by atoms with Crippen molar-refractivity contribution in [2.75, 3.05) is 12.4 Å². The zero-order valence-corrected chi connectivity index (χ0v) is 17.5. The highest BCUT2D eigenvalue weighted by Crippen LogP contribution is 2.37. The Balaban J connectivity index is 1.31. The number of hydrogen-bond donors (Lipinski definition) is 3. The SMILES string of the molecule is COCc1cc(C(=O)Nc2cc([C@H]3CC[C@@H](OC(=O)NC4(C)CC4)C3)[nH]n2)n(C)n1. The van der Waals surface area contributed by atoms with E-state index in [9.17, 15) is 9.59 Å². The van der Waals surface area contributed by atoms with Crippen molar-refractivity contribution < 1.29 is 19.1 Å². The van der Waals surface area contributed by atoms with Gasteiger partial charge in [0.05, 0.1) is 12.3 Å². The number of methoxy groups -OCH3 is 1. The molecule has 30 heavy (non-hydrogen) atoms. The van der Waals surface area contributed by atoms with Gasteiger partial charge in [0.2, 0.25) is 0 Å². The van der Waals surface area contributed by atoms with Crippen molar-refractivity contribution in [2.24, 2.45) is 7.05 Å². The molecule has 2 atom stereocenters. The summed E-state index contributed by atoms with van der Waals surface area (Å²) in [6.07, 6.45) is 4.02. The average Bonchev–Trinajstić information content (AvgIpc) is 3.09. The van der Waals surface area contributed by atoms with E-state index >= 15 is 0 Å². The molecule has 0 spiro atoms. The number of carbonyl (C=O) groups is 2. The fourth-order valence-electron chi connectivity index (χ4n) is 3.82. The Kier molecular flexibility index (Phi) is 5.50. The van der Waals surface area contributed by atoms with Crippen LogP contribution in [0.5, 0.6) is 0 Å². The molecule has 2 amide bonds. The highest BCUT2D eigenvalue weighted by Gasteiger charge is 2.40. The molecule has 0 saturated heterocycles. The van der Waals surface area contributed by atoms with Crippen LogP contribution < -0.4 is 10.6 Å². The van der Waals surface area contributed by atoms with E-state index in [4.69, 9.17) is 9.47 Å². The Morgan fingerprint density at radius 1 is 1.33 bits per heavy atom. The number of amides is 2. The monoisotopic (exact) mass is 416 g/mol. The number of H-pyrrole nitrogens is 1. The van der Waals surface area contributed by atoms with Crippen molar-refractivity contribution in [1.82, 2.24) is 25.3 Å². The number of carbonyl (C=O) groups excluding carboxylic acids is 2. The molecule has 2 aliphatic rings. The van der Waals surface area contributed by atoms with E-state index in [-0.39, 0.29) is 29.6 Å². The molecule has 10 nitrogen and oxygen atoms in total. The average molecular weight is 416 g/mol. The van der Waals surface area contributed by atoms with Gasteiger partial charge in [0, 0.05) is 37.4 Å². The summed E-state index contributed by atoms with van der Waals surface area (Å²) in [6.45, 7) is 2.37. The van der Waals surface area contributed by atoms with Crippen molar-refractivity contribution in [1.29, 1.82) is 0 Å². The van der Waals surface area contributed by atoms with Crippen LogP contribution in [0.25, 0.3) is 0 Å². The van der Waals surface area contributed by atoms with Crippen molar-refractivity contribution in [2.45, 2.75) is 63.2 Å². The predicted molar refractivity (Wildman–Crippen MR) is 108 cm³/mol. The second-order valence-corrected chi connectivity index (χ2v) is 8.46. The Labute approximate surface area is 174 Å². The van der Waals surface area contributed by atoms with Crippen LogP contribution in [0.1, 0.15) is 66.8 Å². The summed E-state index contributed by atoms with van der Waals surface area (Å²) in [6, 6.07) is 3.53. The van der Waals surface area contributed by atoms with E-state index < -0.39 is 0 Å². The van der Waals surface area contributed by atoms with Crippen LogP contribution in [0.4, 0.5) is 10.6 Å². The molecule has 0 radical (unpaired) electrons. The lowest BCUT2D eigenvalue weighted by Crippen LogP contribution is -2.36. The predicted octanol–water partition coefficient (Wildman–Crippen LogP) is 2.46. The fraction of sp³-hybridized carbons (Fsp3) is 0.600. The number of aromatic amines is 1. The van der Waals surface area contributed by atoms with Crippen LogP contribution in [0.15, 0.2) is 12.1 Å². The quantitative estimate of drug-likeness (QED) is 0.637. The number of aryl methyl sites for hydroxylation is 1. The van der Waals surface area contributed by atoms with Gasteiger partial charge in [0.15, 0.2) is 5.82 Å². The topological polar surface area (TPSA) is 123 Å². The molecule has 162 valence electrons. The standard InChI is InChI=1S/C20H28N6O4/c1-20(6-7-20)22-19(28)30-14-5-4-12(8-14)15-10-17(24-23-15)21-18(27)16-9-13(11-29-3)25-26(16)2/h9-10,12,14H,4-8,11H2,1-3H3,(H,22,28)(H2,21,23,24,27)/t12-,14+/m0/s1. The van der Waals surface area contributed by atoms with Crippen molar-refractivity contribution in [3.05, 3.63) is 29.2 Å². The molecule has 2 aromatic heterocycles. The second kappa shape index (κ2) is 8.10. The Hall–Kier alpha value is -2.88. The van der Waals surface area contributed by atoms with Crippen LogP contribution >= 0.6 is 0 Å². The first kappa shape index (κ1) is 20.4. The maximum Gasteiger partial charge on any atom is 0.407 e. The van der Waals surface area contributed by atoms with Gasteiger partial charge >= 0.3 is 6.09 Å². The third-order valence-electron chi connectivity index (χ3n) is 5.80. The number of aromatic nitrogens is 4. The number of hydrogen-bond acceptors (Lipinski definition) is 6. The molecule has 0 aliphatic heterocycles. The van der Waals surface area contributed by atoms with Crippen LogP contribution in [0.3, 0.4) is 0 Å². The summed E-state index contributed by atoms with van der Waals surface area (Å²) in [5, 5.41) is 17.2. The van der Waals surface area contributed by atoms with Gasteiger partial charge in [-0.15, -0.1) is 0 Å². The van der Waals surface area contributed by atoms with Crippen molar-refractivity contribution in [3.8, 4) is 0 Å². The van der Waals surface area contributed by atoms with Crippen molar-refractivity contribution in [3.63, 3.8) is 0 Å². The van der Waals surface area contributed by atoms with E-state index in [2.05, 4.69) is 25.9 Å². The lowest BCUT2D eigenvalue weighted by atomic mass is 10.0. The summed E-state index contributed by atoms with van der Waals surface area (Å²) in [5.41, 5.74) is 1.96. The van der Waals surface area contributed by atoms with Crippen LogP contribution in [-0.4, -0.2) is 50.7 Å². The van der Waals surface area contributed by atoms with E-state index in [1.54, 1.807) is 20.2 Å². The molecule has 3 N–H and O–H groups in total. The highest BCUT2D eigenvalue weighted by atomic mass is 16.6. The summed E-state index contributed by atoms with van der Waals surface area (Å²) in [4.78, 5) is 24.6.